The van der Waals surface area contributed by atoms with Crippen LogP contribution in [0.3, 0.4) is 0 Å². The Labute approximate surface area is 107 Å². The van der Waals surface area contributed by atoms with Gasteiger partial charge in [-0.3, -0.25) is 0 Å². The van der Waals surface area contributed by atoms with Gasteiger partial charge in [0.05, 0.1) is 31.7 Å². The van der Waals surface area contributed by atoms with Crippen LogP contribution in [0.15, 0.2) is 0 Å². The lowest BCUT2D eigenvalue weighted by Crippen LogP contribution is -2.58. The molecule has 2 rings (SSSR count). The minimum Gasteiger partial charge on any atom is -0.378 e. The van der Waals surface area contributed by atoms with Gasteiger partial charge in [-0.1, -0.05) is 0 Å². The molecule has 2 aliphatic heterocycles. The molecule has 0 aliphatic carbocycles. The monoisotopic (exact) mass is 253 g/mol. The molecule has 2 atom stereocenters. The van der Waals surface area contributed by atoms with Gasteiger partial charge in [0.25, 0.3) is 0 Å². The minimum atomic E-state index is -0.329. The number of urea groups is 1. The highest BCUT2D eigenvalue weighted by atomic mass is 16.6. The van der Waals surface area contributed by atoms with Gasteiger partial charge >= 0.3 is 6.03 Å². The highest BCUT2D eigenvalue weighted by Crippen LogP contribution is 2.29. The van der Waals surface area contributed by atoms with Gasteiger partial charge in [0.15, 0.2) is 0 Å². The lowest BCUT2D eigenvalue weighted by molar-refractivity contribution is -0.136. The van der Waals surface area contributed by atoms with Gasteiger partial charge in [-0.25, -0.2) is 4.79 Å². The maximum Gasteiger partial charge on any atom is 0.317 e. The minimum absolute atomic E-state index is 0.0159. The summed E-state index contributed by atoms with van der Waals surface area (Å²) in [6, 6.07) is 1.89. The highest BCUT2D eigenvalue weighted by molar-refractivity contribution is 5.74. The Hall–Kier alpha value is -1.32. The van der Waals surface area contributed by atoms with Crippen LogP contribution in [-0.4, -0.2) is 55.5 Å². The van der Waals surface area contributed by atoms with E-state index in [0.29, 0.717) is 39.3 Å². The van der Waals surface area contributed by atoms with Crippen LogP contribution in [-0.2, 0) is 9.47 Å². The van der Waals surface area contributed by atoms with E-state index in [-0.39, 0.29) is 17.7 Å². The maximum absolute atomic E-state index is 12.0. The zero-order chi connectivity index (χ0) is 13.0. The number of rotatable bonds is 2. The van der Waals surface area contributed by atoms with Crippen molar-refractivity contribution in [1.82, 2.24) is 10.2 Å². The van der Waals surface area contributed by atoms with Gasteiger partial charge in [0, 0.05) is 26.1 Å². The van der Waals surface area contributed by atoms with Crippen molar-refractivity contribution in [3.63, 3.8) is 0 Å². The number of hydrogen-bond donors (Lipinski definition) is 1. The number of ether oxygens (including phenoxy) is 2. The highest BCUT2D eigenvalue weighted by Gasteiger charge is 2.43. The molecule has 1 spiro atoms. The van der Waals surface area contributed by atoms with Crippen molar-refractivity contribution in [1.29, 1.82) is 5.26 Å². The summed E-state index contributed by atoms with van der Waals surface area (Å²) >= 11 is 0. The molecule has 6 heteroatoms. The van der Waals surface area contributed by atoms with Crippen LogP contribution in [0.2, 0.25) is 0 Å². The normalized spacial score (nSPS) is 31.3. The van der Waals surface area contributed by atoms with Gasteiger partial charge in [-0.2, -0.15) is 5.26 Å². The van der Waals surface area contributed by atoms with Crippen LogP contribution in [0.5, 0.6) is 0 Å². The van der Waals surface area contributed by atoms with Crippen LogP contribution in [0.4, 0.5) is 4.79 Å². The zero-order valence-electron chi connectivity index (χ0n) is 10.6. The third-order valence-corrected chi connectivity index (χ3v) is 3.28. The molecule has 2 saturated heterocycles. The van der Waals surface area contributed by atoms with E-state index in [9.17, 15) is 4.79 Å². The van der Waals surface area contributed by atoms with Gasteiger partial charge in [0.1, 0.15) is 5.60 Å². The van der Waals surface area contributed by atoms with Gasteiger partial charge in [-0.15, -0.1) is 0 Å². The Morgan fingerprint density at radius 1 is 1.67 bits per heavy atom. The van der Waals surface area contributed by atoms with Crippen molar-refractivity contribution >= 4 is 6.03 Å². The summed E-state index contributed by atoms with van der Waals surface area (Å²) < 4.78 is 11.3. The van der Waals surface area contributed by atoms with E-state index in [1.807, 2.05) is 13.0 Å². The van der Waals surface area contributed by atoms with E-state index >= 15 is 0 Å². The van der Waals surface area contributed by atoms with E-state index in [0.717, 1.165) is 6.42 Å². The fourth-order valence-electron chi connectivity index (χ4n) is 2.52. The smallest absolute Gasteiger partial charge is 0.317 e. The summed E-state index contributed by atoms with van der Waals surface area (Å²) in [5.41, 5.74) is -0.329. The number of amides is 2. The molecule has 0 radical (unpaired) electrons. The second-order valence-corrected chi connectivity index (χ2v) is 4.93. The largest absolute Gasteiger partial charge is 0.378 e. The summed E-state index contributed by atoms with van der Waals surface area (Å²) in [5, 5.41) is 11.2. The predicted molar refractivity (Wildman–Crippen MR) is 63.9 cm³/mol. The molecule has 0 bridgehead atoms. The lowest BCUT2D eigenvalue weighted by atomic mass is 9.99. The average molecular weight is 253 g/mol. The first-order valence-corrected chi connectivity index (χ1v) is 6.30. The van der Waals surface area contributed by atoms with Crippen molar-refractivity contribution in [3.8, 4) is 6.07 Å². The number of carbonyl (C=O) groups is 1. The third kappa shape index (κ3) is 2.92. The van der Waals surface area contributed by atoms with Crippen LogP contribution in [0, 0.1) is 11.3 Å². The first-order chi connectivity index (χ1) is 8.65. The number of nitriles is 1. The molecular formula is C12H19N3O3. The first kappa shape index (κ1) is 13.1. The number of nitrogens with zero attached hydrogens (tertiary/aromatic N) is 2. The van der Waals surface area contributed by atoms with Crippen molar-refractivity contribution in [2.75, 3.05) is 32.8 Å². The second-order valence-electron chi connectivity index (χ2n) is 4.93. The molecule has 2 fully saturated rings. The summed E-state index contributed by atoms with van der Waals surface area (Å²) in [6.07, 6.45) is 1.18. The quantitative estimate of drug-likeness (QED) is 0.727. The summed E-state index contributed by atoms with van der Waals surface area (Å²) in [6.45, 7) is 4.76. The summed E-state index contributed by atoms with van der Waals surface area (Å²) in [4.78, 5) is 13.7. The van der Waals surface area contributed by atoms with Crippen molar-refractivity contribution in [2.24, 2.45) is 0 Å². The average Bonchev–Trinajstić information content (AvgIpc) is 2.76. The molecule has 2 unspecified atom stereocenters. The Morgan fingerprint density at radius 2 is 2.50 bits per heavy atom. The fraction of sp³-hybridized carbons (Fsp3) is 0.833. The number of carbonyl (C=O) groups excluding carboxylic acids is 1. The van der Waals surface area contributed by atoms with Crippen LogP contribution in [0.1, 0.15) is 19.8 Å². The molecule has 0 aromatic heterocycles. The second kappa shape index (κ2) is 5.55. The van der Waals surface area contributed by atoms with E-state index in [1.165, 1.54) is 0 Å². The van der Waals surface area contributed by atoms with Crippen LogP contribution in [0.25, 0.3) is 0 Å². The van der Waals surface area contributed by atoms with Crippen molar-refractivity contribution in [2.45, 2.75) is 31.5 Å². The molecule has 6 nitrogen and oxygen atoms in total. The van der Waals surface area contributed by atoms with E-state index < -0.39 is 0 Å². The van der Waals surface area contributed by atoms with Crippen molar-refractivity contribution < 1.29 is 14.3 Å². The molecule has 18 heavy (non-hydrogen) atoms. The van der Waals surface area contributed by atoms with E-state index in [4.69, 9.17) is 14.7 Å². The van der Waals surface area contributed by atoms with E-state index in [1.54, 1.807) is 4.90 Å². The Morgan fingerprint density at radius 3 is 3.17 bits per heavy atom. The Bertz CT molecular complexity index is 347. The van der Waals surface area contributed by atoms with Gasteiger partial charge in [-0.05, 0) is 6.92 Å². The fourth-order valence-corrected chi connectivity index (χ4v) is 2.52. The van der Waals surface area contributed by atoms with Gasteiger partial charge < -0.3 is 19.7 Å². The Kier molecular flexibility index (Phi) is 4.04. The van der Waals surface area contributed by atoms with Gasteiger partial charge in [0.2, 0.25) is 0 Å². The number of morpholine rings is 1. The maximum atomic E-state index is 12.0. The molecule has 0 aromatic carbocycles. The first-order valence-electron chi connectivity index (χ1n) is 6.30. The van der Waals surface area contributed by atoms with Crippen LogP contribution < -0.4 is 5.32 Å². The number of hydrogen-bond acceptors (Lipinski definition) is 4. The summed E-state index contributed by atoms with van der Waals surface area (Å²) in [5.74, 6) is 0. The lowest BCUT2D eigenvalue weighted by Gasteiger charge is -2.42. The van der Waals surface area contributed by atoms with Crippen molar-refractivity contribution in [3.05, 3.63) is 0 Å². The topological polar surface area (TPSA) is 74.6 Å². The predicted octanol–water partition coefficient (Wildman–Crippen LogP) is 0.489. The molecule has 2 amide bonds. The van der Waals surface area contributed by atoms with Crippen LogP contribution >= 0.6 is 0 Å². The molecule has 2 heterocycles. The van der Waals surface area contributed by atoms with E-state index in [2.05, 4.69) is 5.32 Å². The molecule has 0 aromatic rings. The molecule has 0 saturated carbocycles. The Balaban J connectivity index is 1.92. The molecular weight excluding hydrogens is 234 g/mol. The number of nitrogens with one attached hydrogen (secondary N) is 1. The standard InChI is InChI=1S/C12H19N3O3/c1-10-7-15(11(16)14-5-2-4-13)8-12(18-10)3-6-17-9-12/h10H,2-3,5-9H2,1H3,(H,14,16). The molecule has 2 aliphatic rings. The zero-order valence-corrected chi connectivity index (χ0v) is 10.6. The molecule has 1 N–H and O–H groups in total. The SMILES string of the molecule is CC1CN(C(=O)NCCC#N)CC2(CCOC2)O1. The molecule has 100 valence electrons. The summed E-state index contributed by atoms with van der Waals surface area (Å²) in [7, 11) is 0. The third-order valence-electron chi connectivity index (χ3n) is 3.28.